The smallest absolute Gasteiger partial charge is 0.335 e. The van der Waals surface area contributed by atoms with E-state index in [1.54, 1.807) is 18.2 Å². The summed E-state index contributed by atoms with van der Waals surface area (Å²) in [5.74, 6) is -2.69. The highest BCUT2D eigenvalue weighted by Crippen LogP contribution is 2.28. The number of carboxylic acids is 2. The molecule has 24 heavy (non-hydrogen) atoms. The van der Waals surface area contributed by atoms with Gasteiger partial charge in [-0.05, 0) is 60.4 Å². The van der Waals surface area contributed by atoms with Gasteiger partial charge in [-0.25, -0.2) is 4.79 Å². The maximum Gasteiger partial charge on any atom is 0.335 e. The minimum atomic E-state index is -1.03. The fourth-order valence-electron chi connectivity index (χ4n) is 3.44. The van der Waals surface area contributed by atoms with Crippen LogP contribution in [0.3, 0.4) is 0 Å². The minimum absolute atomic E-state index is 0.168. The van der Waals surface area contributed by atoms with E-state index in [2.05, 4.69) is 0 Å². The molecule has 0 fully saturated rings. The molecule has 0 heterocycles. The highest BCUT2D eigenvalue weighted by Gasteiger charge is 2.24. The van der Waals surface area contributed by atoms with Crippen molar-refractivity contribution < 1.29 is 19.8 Å². The molecule has 0 saturated heterocycles. The van der Waals surface area contributed by atoms with Gasteiger partial charge in [-0.3, -0.25) is 4.79 Å². The number of carboxylic acid groups (broad SMARTS) is 2. The van der Waals surface area contributed by atoms with Crippen LogP contribution in [0.15, 0.2) is 42.5 Å². The summed E-state index contributed by atoms with van der Waals surface area (Å²) in [4.78, 5) is 23.2. The molecule has 1 aliphatic rings. The van der Waals surface area contributed by atoms with Gasteiger partial charge in [0.05, 0.1) is 11.5 Å². The van der Waals surface area contributed by atoms with Gasteiger partial charge in [0.25, 0.3) is 0 Å². The summed E-state index contributed by atoms with van der Waals surface area (Å²) in [5.41, 5.74) is 4.01. The van der Waals surface area contributed by atoms with E-state index in [4.69, 9.17) is 0 Å². The first-order chi connectivity index (χ1) is 11.6. The zero-order chi connectivity index (χ0) is 17.1. The number of aryl methyl sites for hydroxylation is 2. The fourth-order valence-corrected chi connectivity index (χ4v) is 3.44. The second kappa shape index (κ2) is 6.87. The van der Waals surface area contributed by atoms with Crippen LogP contribution < -0.4 is 0 Å². The normalized spacial score (nSPS) is 14.7. The molecule has 3 rings (SSSR count). The molecular formula is C20H20O4. The van der Waals surface area contributed by atoms with E-state index in [1.165, 1.54) is 23.6 Å². The molecule has 0 spiro atoms. The van der Waals surface area contributed by atoms with Crippen LogP contribution >= 0.6 is 0 Å². The molecule has 2 aromatic carbocycles. The lowest BCUT2D eigenvalue weighted by Crippen LogP contribution is -2.17. The van der Waals surface area contributed by atoms with E-state index in [-0.39, 0.29) is 12.0 Å². The molecule has 1 unspecified atom stereocenters. The Morgan fingerprint density at radius 2 is 1.67 bits per heavy atom. The Hall–Kier alpha value is -2.62. The lowest BCUT2D eigenvalue weighted by Gasteiger charge is -2.20. The molecule has 0 saturated carbocycles. The van der Waals surface area contributed by atoms with Crippen LogP contribution in [0.4, 0.5) is 0 Å². The Morgan fingerprint density at radius 1 is 0.958 bits per heavy atom. The van der Waals surface area contributed by atoms with E-state index < -0.39 is 17.9 Å². The summed E-state index contributed by atoms with van der Waals surface area (Å²) < 4.78 is 0. The fraction of sp³-hybridized carbons (Fsp3) is 0.300. The van der Waals surface area contributed by atoms with Gasteiger partial charge in [0.1, 0.15) is 0 Å². The predicted molar refractivity (Wildman–Crippen MR) is 90.6 cm³/mol. The SMILES string of the molecule is O=C(O)c1ccccc1CC(C(=O)O)c1ccc2c(c1)CCCC2. The zero-order valence-electron chi connectivity index (χ0n) is 13.4. The van der Waals surface area contributed by atoms with E-state index >= 15 is 0 Å². The van der Waals surface area contributed by atoms with Crippen LogP contribution in [-0.4, -0.2) is 22.2 Å². The number of aromatic carboxylic acids is 1. The largest absolute Gasteiger partial charge is 0.481 e. The first-order valence-electron chi connectivity index (χ1n) is 8.22. The average Bonchev–Trinajstić information content (AvgIpc) is 2.59. The van der Waals surface area contributed by atoms with Crippen LogP contribution in [0.5, 0.6) is 0 Å². The molecule has 2 N–H and O–H groups in total. The van der Waals surface area contributed by atoms with Crippen molar-refractivity contribution in [2.75, 3.05) is 0 Å². The second-order valence-electron chi connectivity index (χ2n) is 6.29. The summed E-state index contributed by atoms with van der Waals surface area (Å²) >= 11 is 0. The van der Waals surface area contributed by atoms with E-state index in [9.17, 15) is 19.8 Å². The summed E-state index contributed by atoms with van der Waals surface area (Å²) in [7, 11) is 0. The molecule has 1 aliphatic carbocycles. The number of carbonyl (C=O) groups is 2. The van der Waals surface area contributed by atoms with Gasteiger partial charge in [-0.2, -0.15) is 0 Å². The Bertz CT molecular complexity index is 779. The standard InChI is InChI=1S/C20H20O4/c21-19(22)17-8-4-3-7-15(17)12-18(20(23)24)16-10-9-13-5-1-2-6-14(13)11-16/h3-4,7-11,18H,1-2,5-6,12H2,(H,21,22)(H,23,24). The van der Waals surface area contributed by atoms with Crippen molar-refractivity contribution in [2.24, 2.45) is 0 Å². The lowest BCUT2D eigenvalue weighted by atomic mass is 9.85. The maximum absolute atomic E-state index is 11.8. The molecule has 4 nitrogen and oxygen atoms in total. The van der Waals surface area contributed by atoms with Crippen LogP contribution in [-0.2, 0) is 24.1 Å². The second-order valence-corrected chi connectivity index (χ2v) is 6.29. The number of benzene rings is 2. The van der Waals surface area contributed by atoms with Gasteiger partial charge in [0.15, 0.2) is 0 Å². The van der Waals surface area contributed by atoms with E-state index in [0.29, 0.717) is 5.56 Å². The van der Waals surface area contributed by atoms with Crippen molar-refractivity contribution in [3.05, 3.63) is 70.3 Å². The highest BCUT2D eigenvalue weighted by atomic mass is 16.4. The maximum atomic E-state index is 11.8. The molecule has 0 aromatic heterocycles. The number of hydrogen-bond donors (Lipinski definition) is 2. The summed E-state index contributed by atoms with van der Waals surface area (Å²) in [5, 5.41) is 19.0. The van der Waals surface area contributed by atoms with Gasteiger partial charge >= 0.3 is 11.9 Å². The van der Waals surface area contributed by atoms with E-state index in [0.717, 1.165) is 24.8 Å². The third kappa shape index (κ3) is 3.32. The lowest BCUT2D eigenvalue weighted by molar-refractivity contribution is -0.138. The van der Waals surface area contributed by atoms with Crippen molar-refractivity contribution >= 4 is 11.9 Å². The Morgan fingerprint density at radius 3 is 2.38 bits per heavy atom. The summed E-state index contributed by atoms with van der Waals surface area (Å²) in [6.45, 7) is 0. The number of hydrogen-bond acceptors (Lipinski definition) is 2. The van der Waals surface area contributed by atoms with Gasteiger partial charge in [-0.1, -0.05) is 36.4 Å². The van der Waals surface area contributed by atoms with Crippen LogP contribution in [0, 0.1) is 0 Å². The predicted octanol–water partition coefficient (Wildman–Crippen LogP) is 3.67. The average molecular weight is 324 g/mol. The number of rotatable bonds is 5. The van der Waals surface area contributed by atoms with Gasteiger partial charge < -0.3 is 10.2 Å². The third-order valence-corrected chi connectivity index (χ3v) is 4.74. The summed E-state index contributed by atoms with van der Waals surface area (Å²) in [6, 6.07) is 12.5. The zero-order valence-corrected chi connectivity index (χ0v) is 13.4. The highest BCUT2D eigenvalue weighted by molar-refractivity contribution is 5.89. The van der Waals surface area contributed by atoms with Gasteiger partial charge in [-0.15, -0.1) is 0 Å². The topological polar surface area (TPSA) is 74.6 Å². The summed E-state index contributed by atoms with van der Waals surface area (Å²) in [6.07, 6.45) is 4.53. The van der Waals surface area contributed by atoms with Crippen molar-refractivity contribution in [1.82, 2.24) is 0 Å². The molecule has 4 heteroatoms. The number of fused-ring (bicyclic) bond motifs is 1. The quantitative estimate of drug-likeness (QED) is 0.880. The monoisotopic (exact) mass is 324 g/mol. The van der Waals surface area contributed by atoms with Crippen molar-refractivity contribution in [1.29, 1.82) is 0 Å². The molecule has 2 aromatic rings. The van der Waals surface area contributed by atoms with Gasteiger partial charge in [0, 0.05) is 0 Å². The van der Waals surface area contributed by atoms with Crippen molar-refractivity contribution in [2.45, 2.75) is 38.0 Å². The Kier molecular flexibility index (Phi) is 4.65. The minimum Gasteiger partial charge on any atom is -0.481 e. The third-order valence-electron chi connectivity index (χ3n) is 4.74. The van der Waals surface area contributed by atoms with Crippen molar-refractivity contribution in [3.8, 4) is 0 Å². The molecule has 0 aliphatic heterocycles. The first-order valence-corrected chi connectivity index (χ1v) is 8.22. The molecule has 0 bridgehead atoms. The molecular weight excluding hydrogens is 304 g/mol. The molecule has 0 amide bonds. The molecule has 124 valence electrons. The molecule has 1 atom stereocenters. The first kappa shape index (κ1) is 16.2. The van der Waals surface area contributed by atoms with Crippen LogP contribution in [0.1, 0.15) is 51.4 Å². The van der Waals surface area contributed by atoms with Crippen LogP contribution in [0.2, 0.25) is 0 Å². The van der Waals surface area contributed by atoms with Gasteiger partial charge in [0.2, 0.25) is 0 Å². The Labute approximate surface area is 140 Å². The van der Waals surface area contributed by atoms with E-state index in [1.807, 2.05) is 18.2 Å². The number of aliphatic carboxylic acids is 1. The Balaban J connectivity index is 1.94. The van der Waals surface area contributed by atoms with Crippen LogP contribution in [0.25, 0.3) is 0 Å². The molecule has 0 radical (unpaired) electrons. The van der Waals surface area contributed by atoms with Crippen molar-refractivity contribution in [3.63, 3.8) is 0 Å².